The van der Waals surface area contributed by atoms with Crippen LogP contribution in [-0.4, -0.2) is 57.6 Å². The van der Waals surface area contributed by atoms with Crippen LogP contribution in [0.25, 0.3) is 0 Å². The van der Waals surface area contributed by atoms with Crippen molar-refractivity contribution in [3.8, 4) is 5.75 Å². The lowest BCUT2D eigenvalue weighted by molar-refractivity contribution is -0.141. The molecule has 0 fully saturated rings. The molecule has 9 heteroatoms. The van der Waals surface area contributed by atoms with Crippen molar-refractivity contribution in [2.45, 2.75) is 45.7 Å². The molecular formula is C25H35N3O5S. The lowest BCUT2D eigenvalue weighted by atomic mass is 10.1. The Hall–Kier alpha value is -3.07. The Labute approximate surface area is 202 Å². The second-order valence-electron chi connectivity index (χ2n) is 7.91. The highest BCUT2D eigenvalue weighted by atomic mass is 32.2. The molecule has 0 aliphatic rings. The third-order valence-electron chi connectivity index (χ3n) is 5.42. The zero-order chi connectivity index (χ0) is 25.1. The molecule has 0 saturated carbocycles. The predicted octanol–water partition coefficient (Wildman–Crippen LogP) is 3.18. The average molecular weight is 490 g/mol. The molecule has 2 aromatic rings. The molecule has 186 valence electrons. The van der Waals surface area contributed by atoms with Gasteiger partial charge in [0, 0.05) is 26.6 Å². The topological polar surface area (TPSA) is 96.0 Å². The predicted molar refractivity (Wildman–Crippen MR) is 134 cm³/mol. The van der Waals surface area contributed by atoms with Gasteiger partial charge < -0.3 is 15.0 Å². The SMILES string of the molecule is CCOc1ccc(N(CCCC(=O)N(Cc2ccccc2)C(CC)C(=O)NC)S(C)(=O)=O)cc1. The van der Waals surface area contributed by atoms with Crippen LogP contribution in [0.3, 0.4) is 0 Å². The van der Waals surface area contributed by atoms with Crippen molar-refractivity contribution in [3.63, 3.8) is 0 Å². The van der Waals surface area contributed by atoms with Gasteiger partial charge in [0.25, 0.3) is 0 Å². The summed E-state index contributed by atoms with van der Waals surface area (Å²) in [6, 6.07) is 15.7. The van der Waals surface area contributed by atoms with Gasteiger partial charge in [-0.2, -0.15) is 0 Å². The third kappa shape index (κ3) is 7.76. The molecule has 0 heterocycles. The van der Waals surface area contributed by atoms with Gasteiger partial charge in [-0.05, 0) is 49.6 Å². The fourth-order valence-electron chi connectivity index (χ4n) is 3.75. The van der Waals surface area contributed by atoms with E-state index in [1.807, 2.05) is 44.2 Å². The minimum atomic E-state index is -3.54. The Kier molecular flexibility index (Phi) is 10.4. The molecule has 0 aromatic heterocycles. The van der Waals surface area contributed by atoms with Crippen molar-refractivity contribution in [1.29, 1.82) is 0 Å². The lowest BCUT2D eigenvalue weighted by Gasteiger charge is -2.30. The van der Waals surface area contributed by atoms with Crippen LogP contribution in [0.2, 0.25) is 0 Å². The van der Waals surface area contributed by atoms with E-state index in [2.05, 4.69) is 5.32 Å². The smallest absolute Gasteiger partial charge is 0.242 e. The molecule has 8 nitrogen and oxygen atoms in total. The zero-order valence-corrected chi connectivity index (χ0v) is 21.2. The third-order valence-corrected chi connectivity index (χ3v) is 6.61. The summed E-state index contributed by atoms with van der Waals surface area (Å²) in [7, 11) is -1.99. The molecule has 0 aliphatic carbocycles. The molecule has 2 amide bonds. The molecule has 0 spiro atoms. The number of likely N-dealkylation sites (N-methyl/N-ethyl adjacent to an activating group) is 1. The van der Waals surface area contributed by atoms with E-state index in [1.54, 1.807) is 36.2 Å². The number of hydrogen-bond donors (Lipinski definition) is 1. The highest BCUT2D eigenvalue weighted by Crippen LogP contribution is 2.23. The first-order chi connectivity index (χ1) is 16.2. The van der Waals surface area contributed by atoms with Crippen molar-refractivity contribution in [1.82, 2.24) is 10.2 Å². The summed E-state index contributed by atoms with van der Waals surface area (Å²) in [5.41, 5.74) is 1.43. The van der Waals surface area contributed by atoms with Crippen LogP contribution >= 0.6 is 0 Å². The fourth-order valence-corrected chi connectivity index (χ4v) is 4.71. The van der Waals surface area contributed by atoms with Crippen LogP contribution in [0.4, 0.5) is 5.69 Å². The first-order valence-corrected chi connectivity index (χ1v) is 13.3. The number of nitrogens with one attached hydrogen (secondary N) is 1. The minimum absolute atomic E-state index is 0.114. The first kappa shape index (κ1) is 27.2. The molecule has 1 unspecified atom stereocenters. The number of carbonyl (C=O) groups is 2. The summed E-state index contributed by atoms with van der Waals surface area (Å²) < 4.78 is 31.6. The number of carbonyl (C=O) groups excluding carboxylic acids is 2. The van der Waals surface area contributed by atoms with Crippen molar-refractivity contribution in [2.24, 2.45) is 0 Å². The van der Waals surface area contributed by atoms with Crippen LogP contribution < -0.4 is 14.4 Å². The van der Waals surface area contributed by atoms with Crippen LogP contribution in [0.15, 0.2) is 54.6 Å². The molecule has 2 rings (SSSR count). The molecule has 2 aromatic carbocycles. The Morgan fingerprint density at radius 2 is 1.68 bits per heavy atom. The molecule has 34 heavy (non-hydrogen) atoms. The molecule has 0 saturated heterocycles. The Balaban J connectivity index is 2.14. The number of amides is 2. The number of rotatable bonds is 13. The van der Waals surface area contributed by atoms with Gasteiger partial charge in [0.05, 0.1) is 18.6 Å². The quantitative estimate of drug-likeness (QED) is 0.466. The van der Waals surface area contributed by atoms with Gasteiger partial charge in [-0.15, -0.1) is 0 Å². The highest BCUT2D eigenvalue weighted by molar-refractivity contribution is 7.92. The van der Waals surface area contributed by atoms with Gasteiger partial charge in [0.15, 0.2) is 0 Å². The maximum absolute atomic E-state index is 13.2. The van der Waals surface area contributed by atoms with Crippen LogP contribution in [0, 0.1) is 0 Å². The summed E-state index contributed by atoms with van der Waals surface area (Å²) in [5.74, 6) is 0.240. The Morgan fingerprint density at radius 1 is 1.03 bits per heavy atom. The van der Waals surface area contributed by atoms with E-state index in [0.717, 1.165) is 11.8 Å². The maximum Gasteiger partial charge on any atom is 0.242 e. The monoisotopic (exact) mass is 489 g/mol. The van der Waals surface area contributed by atoms with Crippen molar-refractivity contribution < 1.29 is 22.7 Å². The van der Waals surface area contributed by atoms with E-state index >= 15 is 0 Å². The average Bonchev–Trinajstić information content (AvgIpc) is 2.82. The highest BCUT2D eigenvalue weighted by Gasteiger charge is 2.28. The number of benzene rings is 2. The van der Waals surface area contributed by atoms with E-state index < -0.39 is 16.1 Å². The van der Waals surface area contributed by atoms with E-state index in [1.165, 1.54) is 4.31 Å². The van der Waals surface area contributed by atoms with Gasteiger partial charge >= 0.3 is 0 Å². The summed E-state index contributed by atoms with van der Waals surface area (Å²) in [4.78, 5) is 27.2. The largest absolute Gasteiger partial charge is 0.494 e. The molecule has 0 aliphatic heterocycles. The van der Waals surface area contributed by atoms with Gasteiger partial charge in [-0.3, -0.25) is 13.9 Å². The Bertz CT molecular complexity index is 1030. The molecule has 1 N–H and O–H groups in total. The number of nitrogens with zero attached hydrogens (tertiary/aromatic N) is 2. The van der Waals surface area contributed by atoms with Crippen LogP contribution in [0.1, 0.15) is 38.7 Å². The minimum Gasteiger partial charge on any atom is -0.494 e. The Morgan fingerprint density at radius 3 is 2.21 bits per heavy atom. The van der Waals surface area contributed by atoms with Gasteiger partial charge in [0.1, 0.15) is 11.8 Å². The van der Waals surface area contributed by atoms with E-state index in [9.17, 15) is 18.0 Å². The standard InChI is InChI=1S/C25H35N3O5S/c1-5-23(25(30)26-3)27(19-20-11-8-7-9-12-20)24(29)13-10-18-28(34(4,31)32)21-14-16-22(17-15-21)33-6-2/h7-9,11-12,14-17,23H,5-6,10,13,18-19H2,1-4H3,(H,26,30). The molecular weight excluding hydrogens is 454 g/mol. The summed E-state index contributed by atoms with van der Waals surface area (Å²) in [5, 5.41) is 2.64. The second kappa shape index (κ2) is 13.0. The number of ether oxygens (including phenoxy) is 1. The first-order valence-electron chi connectivity index (χ1n) is 11.5. The van der Waals surface area contributed by atoms with Gasteiger partial charge in [0.2, 0.25) is 21.8 Å². The summed E-state index contributed by atoms with van der Waals surface area (Å²) in [6.45, 7) is 4.71. The zero-order valence-electron chi connectivity index (χ0n) is 20.4. The number of anilines is 1. The van der Waals surface area contributed by atoms with E-state index in [-0.39, 0.29) is 24.8 Å². The molecule has 0 radical (unpaired) electrons. The van der Waals surface area contributed by atoms with E-state index in [4.69, 9.17) is 4.74 Å². The van der Waals surface area contributed by atoms with E-state index in [0.29, 0.717) is 37.4 Å². The molecule has 1 atom stereocenters. The van der Waals surface area contributed by atoms with Gasteiger partial charge in [-0.25, -0.2) is 8.42 Å². The summed E-state index contributed by atoms with van der Waals surface area (Å²) >= 11 is 0. The molecule has 0 bridgehead atoms. The van der Waals surface area contributed by atoms with Crippen LogP contribution in [0.5, 0.6) is 5.75 Å². The lowest BCUT2D eigenvalue weighted by Crippen LogP contribution is -2.48. The van der Waals surface area contributed by atoms with Crippen molar-refractivity contribution in [3.05, 3.63) is 60.2 Å². The van der Waals surface area contributed by atoms with Gasteiger partial charge in [-0.1, -0.05) is 37.3 Å². The second-order valence-corrected chi connectivity index (χ2v) is 9.82. The van der Waals surface area contributed by atoms with Crippen LogP contribution in [-0.2, 0) is 26.2 Å². The number of sulfonamides is 1. The van der Waals surface area contributed by atoms with Crippen molar-refractivity contribution in [2.75, 3.05) is 30.8 Å². The fraction of sp³-hybridized carbons (Fsp3) is 0.440. The van der Waals surface area contributed by atoms with Crippen molar-refractivity contribution >= 4 is 27.5 Å². The maximum atomic E-state index is 13.2. The number of hydrogen-bond acceptors (Lipinski definition) is 5. The summed E-state index contributed by atoms with van der Waals surface area (Å²) in [6.07, 6.45) is 2.05. The normalized spacial score (nSPS) is 12.0.